The third-order valence-corrected chi connectivity index (χ3v) is 3.41. The Morgan fingerprint density at radius 1 is 1.04 bits per heavy atom. The van der Waals surface area contributed by atoms with Crippen LogP contribution in [0.1, 0.15) is 18.1 Å². The molecule has 2 nitrogen and oxygen atoms in total. The molecule has 0 fully saturated rings. The van der Waals surface area contributed by atoms with Crippen LogP contribution in [-0.2, 0) is 11.4 Å². The zero-order chi connectivity index (χ0) is 18.7. The molecule has 0 saturated heterocycles. The standard InChI is InChI=1S/C17H10ClF5O2/c1-8(5-12(18)24)9-3-2-4-10(6-9)25-7-11-13(19)15(21)17(23)16(22)14(11)20/h2-6H,7H2,1H3/b8-5+. The quantitative estimate of drug-likeness (QED) is 0.238. The van der Waals surface area contributed by atoms with Gasteiger partial charge >= 0.3 is 0 Å². The number of rotatable bonds is 5. The molecule has 0 amide bonds. The summed E-state index contributed by atoms with van der Waals surface area (Å²) in [6.07, 6.45) is 1.16. The Morgan fingerprint density at radius 2 is 1.60 bits per heavy atom. The summed E-state index contributed by atoms with van der Waals surface area (Å²) in [5.41, 5.74) is -0.0457. The number of ether oxygens (including phenoxy) is 1. The van der Waals surface area contributed by atoms with Gasteiger partial charge in [0.15, 0.2) is 23.3 Å². The molecule has 0 aliphatic rings. The Labute approximate surface area is 144 Å². The van der Waals surface area contributed by atoms with Gasteiger partial charge in [-0.05, 0) is 41.8 Å². The lowest BCUT2D eigenvalue weighted by atomic mass is 10.1. The van der Waals surface area contributed by atoms with E-state index < -0.39 is 46.5 Å². The molecule has 132 valence electrons. The van der Waals surface area contributed by atoms with Crippen LogP contribution in [0.5, 0.6) is 5.75 Å². The first-order chi connectivity index (χ1) is 11.7. The maximum Gasteiger partial charge on any atom is 0.245 e. The summed E-state index contributed by atoms with van der Waals surface area (Å²) in [6, 6.07) is 6.00. The highest BCUT2D eigenvalue weighted by Gasteiger charge is 2.25. The molecule has 0 radical (unpaired) electrons. The predicted molar refractivity (Wildman–Crippen MR) is 81.5 cm³/mol. The molecule has 0 unspecified atom stereocenters. The molecule has 0 bridgehead atoms. The molecule has 2 aromatic carbocycles. The zero-order valence-electron chi connectivity index (χ0n) is 12.7. The van der Waals surface area contributed by atoms with Crippen LogP contribution in [-0.4, -0.2) is 5.24 Å². The van der Waals surface area contributed by atoms with Crippen molar-refractivity contribution in [1.82, 2.24) is 0 Å². The summed E-state index contributed by atoms with van der Waals surface area (Å²) in [4.78, 5) is 10.9. The normalized spacial score (nSPS) is 11.6. The van der Waals surface area contributed by atoms with Gasteiger partial charge < -0.3 is 4.74 Å². The molecular weight excluding hydrogens is 367 g/mol. The molecule has 0 heterocycles. The van der Waals surface area contributed by atoms with Crippen LogP contribution in [0.4, 0.5) is 22.0 Å². The maximum absolute atomic E-state index is 13.6. The second-order valence-electron chi connectivity index (χ2n) is 5.00. The fourth-order valence-electron chi connectivity index (χ4n) is 2.02. The molecule has 0 aromatic heterocycles. The van der Waals surface area contributed by atoms with Crippen LogP contribution in [0.25, 0.3) is 5.57 Å². The predicted octanol–water partition coefficient (Wildman–Crippen LogP) is 5.13. The Balaban J connectivity index is 2.28. The van der Waals surface area contributed by atoms with Crippen LogP contribution in [0.3, 0.4) is 0 Å². The number of carbonyl (C=O) groups excluding carboxylic acids is 1. The van der Waals surface area contributed by atoms with Crippen LogP contribution >= 0.6 is 11.6 Å². The SMILES string of the molecule is C/C(=C\C(=O)Cl)c1cccc(OCc2c(F)c(F)c(F)c(F)c2F)c1. The molecular formula is C17H10ClF5O2. The Hall–Kier alpha value is -2.41. The van der Waals surface area contributed by atoms with E-state index in [9.17, 15) is 26.7 Å². The van der Waals surface area contributed by atoms with E-state index in [2.05, 4.69) is 0 Å². The van der Waals surface area contributed by atoms with E-state index in [4.69, 9.17) is 16.3 Å². The van der Waals surface area contributed by atoms with Crippen molar-refractivity contribution in [2.45, 2.75) is 13.5 Å². The van der Waals surface area contributed by atoms with Crippen molar-refractivity contribution in [2.24, 2.45) is 0 Å². The summed E-state index contributed by atoms with van der Waals surface area (Å²) in [6.45, 7) is 0.732. The number of hydrogen-bond acceptors (Lipinski definition) is 2. The van der Waals surface area contributed by atoms with Gasteiger partial charge in [0.05, 0.1) is 5.56 Å². The number of benzene rings is 2. The summed E-state index contributed by atoms with van der Waals surface area (Å²) >= 11 is 5.25. The second-order valence-corrected chi connectivity index (χ2v) is 5.37. The number of allylic oxidation sites excluding steroid dienone is 2. The van der Waals surface area contributed by atoms with Crippen LogP contribution in [0.2, 0.25) is 0 Å². The van der Waals surface area contributed by atoms with Crippen molar-refractivity contribution < 1.29 is 31.5 Å². The third-order valence-electron chi connectivity index (χ3n) is 3.30. The van der Waals surface area contributed by atoms with Crippen molar-refractivity contribution in [1.29, 1.82) is 0 Å². The lowest BCUT2D eigenvalue weighted by molar-refractivity contribution is -0.107. The average Bonchev–Trinajstić information content (AvgIpc) is 2.58. The average molecular weight is 377 g/mol. The molecule has 0 N–H and O–H groups in total. The highest BCUT2D eigenvalue weighted by Crippen LogP contribution is 2.25. The highest BCUT2D eigenvalue weighted by molar-refractivity contribution is 6.67. The molecule has 25 heavy (non-hydrogen) atoms. The lowest BCUT2D eigenvalue weighted by Gasteiger charge is -2.11. The Morgan fingerprint density at radius 3 is 2.16 bits per heavy atom. The van der Waals surface area contributed by atoms with Crippen LogP contribution in [0.15, 0.2) is 30.3 Å². The fraction of sp³-hybridized carbons (Fsp3) is 0.118. The molecule has 0 aliphatic carbocycles. The molecule has 2 rings (SSSR count). The number of hydrogen-bond donors (Lipinski definition) is 0. The van der Waals surface area contributed by atoms with Gasteiger partial charge in [0.1, 0.15) is 12.4 Å². The van der Waals surface area contributed by atoms with Gasteiger partial charge in [0, 0.05) is 6.08 Å². The van der Waals surface area contributed by atoms with Gasteiger partial charge in [-0.2, -0.15) is 0 Å². The molecule has 0 atom stereocenters. The van der Waals surface area contributed by atoms with E-state index in [1.54, 1.807) is 13.0 Å². The minimum absolute atomic E-state index is 0.108. The monoisotopic (exact) mass is 376 g/mol. The van der Waals surface area contributed by atoms with E-state index in [1.165, 1.54) is 18.2 Å². The van der Waals surface area contributed by atoms with Crippen molar-refractivity contribution in [3.63, 3.8) is 0 Å². The van der Waals surface area contributed by atoms with E-state index in [0.29, 0.717) is 11.1 Å². The molecule has 0 spiro atoms. The van der Waals surface area contributed by atoms with Gasteiger partial charge in [-0.1, -0.05) is 12.1 Å². The minimum atomic E-state index is -2.23. The van der Waals surface area contributed by atoms with E-state index >= 15 is 0 Å². The maximum atomic E-state index is 13.6. The molecule has 0 aliphatic heterocycles. The first kappa shape index (κ1) is 18.9. The van der Waals surface area contributed by atoms with Crippen molar-refractivity contribution in [3.8, 4) is 5.75 Å². The molecule has 8 heteroatoms. The summed E-state index contributed by atoms with van der Waals surface area (Å²) < 4.78 is 71.6. The number of carbonyl (C=O) groups is 1. The van der Waals surface area contributed by atoms with Gasteiger partial charge in [0.25, 0.3) is 0 Å². The number of halogens is 6. The smallest absolute Gasteiger partial charge is 0.245 e. The summed E-state index contributed by atoms with van der Waals surface area (Å²) in [5, 5.41) is -0.690. The van der Waals surface area contributed by atoms with Crippen LogP contribution < -0.4 is 4.74 Å². The first-order valence-corrected chi connectivity index (χ1v) is 7.21. The van der Waals surface area contributed by atoms with Gasteiger partial charge in [0.2, 0.25) is 11.1 Å². The topological polar surface area (TPSA) is 26.3 Å². The van der Waals surface area contributed by atoms with Gasteiger partial charge in [-0.15, -0.1) is 0 Å². The van der Waals surface area contributed by atoms with Crippen molar-refractivity contribution >= 4 is 22.4 Å². The van der Waals surface area contributed by atoms with E-state index in [-0.39, 0.29) is 5.75 Å². The summed E-state index contributed by atoms with van der Waals surface area (Å²) in [5.74, 6) is -10.1. The van der Waals surface area contributed by atoms with E-state index in [0.717, 1.165) is 6.08 Å². The van der Waals surface area contributed by atoms with Gasteiger partial charge in [-0.3, -0.25) is 4.79 Å². The fourth-order valence-corrected chi connectivity index (χ4v) is 2.18. The summed E-state index contributed by atoms with van der Waals surface area (Å²) in [7, 11) is 0. The van der Waals surface area contributed by atoms with Crippen molar-refractivity contribution in [3.05, 3.63) is 70.6 Å². The molecule has 2 aromatic rings. The van der Waals surface area contributed by atoms with E-state index in [1.807, 2.05) is 0 Å². The third kappa shape index (κ3) is 4.17. The lowest BCUT2D eigenvalue weighted by Crippen LogP contribution is -2.09. The minimum Gasteiger partial charge on any atom is -0.489 e. The second kappa shape index (κ2) is 7.65. The largest absolute Gasteiger partial charge is 0.489 e. The Bertz CT molecular complexity index is 835. The van der Waals surface area contributed by atoms with Gasteiger partial charge in [-0.25, -0.2) is 22.0 Å². The van der Waals surface area contributed by atoms with Crippen LogP contribution in [0, 0.1) is 29.1 Å². The Kier molecular flexibility index (Phi) is 5.79. The molecule has 0 saturated carbocycles. The zero-order valence-corrected chi connectivity index (χ0v) is 13.4. The highest BCUT2D eigenvalue weighted by atomic mass is 35.5. The first-order valence-electron chi connectivity index (χ1n) is 6.83. The van der Waals surface area contributed by atoms with Crippen molar-refractivity contribution in [2.75, 3.05) is 0 Å².